The average Bonchev–Trinajstić information content (AvgIpc) is 2.45. The van der Waals surface area contributed by atoms with E-state index in [1.165, 1.54) is 0 Å². The molecule has 0 atom stereocenters. The molecule has 0 heterocycles. The number of carbonyl (C=O) groups is 1. The van der Waals surface area contributed by atoms with Crippen LogP contribution in [0.1, 0.15) is 12.8 Å². The number of rotatable bonds is 6. The zero-order valence-electron chi connectivity index (χ0n) is 11.0. The monoisotopic (exact) mass is 272 g/mol. The molecule has 2 aromatic rings. The third-order valence-electron chi connectivity index (χ3n) is 2.86. The van der Waals surface area contributed by atoms with Crippen molar-refractivity contribution in [2.24, 2.45) is 0 Å². The SMILES string of the molecule is O=C(O)CCCOc1ccc(-c2ccccc2)cc1O. The Bertz CT molecular complexity index is 578. The largest absolute Gasteiger partial charge is 0.504 e. The van der Waals surface area contributed by atoms with Gasteiger partial charge in [-0.1, -0.05) is 36.4 Å². The summed E-state index contributed by atoms with van der Waals surface area (Å²) in [5.74, 6) is -0.422. The van der Waals surface area contributed by atoms with Crippen LogP contribution in [0.4, 0.5) is 0 Å². The molecular weight excluding hydrogens is 256 g/mol. The number of ether oxygens (including phenoxy) is 1. The van der Waals surface area contributed by atoms with E-state index in [9.17, 15) is 9.90 Å². The summed E-state index contributed by atoms with van der Waals surface area (Å²) in [6.07, 6.45) is 0.470. The van der Waals surface area contributed by atoms with Crippen LogP contribution in [0.3, 0.4) is 0 Å². The highest BCUT2D eigenvalue weighted by Gasteiger charge is 2.06. The molecule has 104 valence electrons. The summed E-state index contributed by atoms with van der Waals surface area (Å²) in [5.41, 5.74) is 1.92. The molecule has 0 amide bonds. The molecule has 0 spiro atoms. The summed E-state index contributed by atoms with van der Waals surface area (Å²) < 4.78 is 5.36. The van der Waals surface area contributed by atoms with Crippen molar-refractivity contribution in [3.8, 4) is 22.6 Å². The van der Waals surface area contributed by atoms with Gasteiger partial charge in [-0.25, -0.2) is 0 Å². The van der Waals surface area contributed by atoms with Gasteiger partial charge in [0.2, 0.25) is 0 Å². The van der Waals surface area contributed by atoms with E-state index in [-0.39, 0.29) is 18.8 Å². The molecule has 0 radical (unpaired) electrons. The maximum atomic E-state index is 10.4. The molecule has 0 fully saturated rings. The molecule has 4 nitrogen and oxygen atoms in total. The van der Waals surface area contributed by atoms with Crippen LogP contribution in [0.5, 0.6) is 11.5 Å². The first kappa shape index (κ1) is 13.9. The first-order valence-electron chi connectivity index (χ1n) is 6.40. The van der Waals surface area contributed by atoms with E-state index in [4.69, 9.17) is 9.84 Å². The van der Waals surface area contributed by atoms with E-state index >= 15 is 0 Å². The first-order chi connectivity index (χ1) is 9.66. The normalized spacial score (nSPS) is 10.2. The van der Waals surface area contributed by atoms with Crippen LogP contribution in [-0.2, 0) is 4.79 Å². The molecule has 0 bridgehead atoms. The Morgan fingerprint density at radius 3 is 2.45 bits per heavy atom. The van der Waals surface area contributed by atoms with E-state index in [1.54, 1.807) is 12.1 Å². The fourth-order valence-electron chi connectivity index (χ4n) is 1.86. The van der Waals surface area contributed by atoms with Crippen LogP contribution < -0.4 is 4.74 Å². The highest BCUT2D eigenvalue weighted by atomic mass is 16.5. The maximum Gasteiger partial charge on any atom is 0.303 e. The number of hydrogen-bond acceptors (Lipinski definition) is 3. The predicted molar refractivity (Wildman–Crippen MR) is 75.9 cm³/mol. The summed E-state index contributed by atoms with van der Waals surface area (Å²) in [5, 5.41) is 18.4. The van der Waals surface area contributed by atoms with Crippen LogP contribution >= 0.6 is 0 Å². The molecule has 0 aliphatic heterocycles. The second-order valence-corrected chi connectivity index (χ2v) is 4.39. The van der Waals surface area contributed by atoms with Crippen LogP contribution in [0.25, 0.3) is 11.1 Å². The highest BCUT2D eigenvalue weighted by molar-refractivity contribution is 5.67. The molecule has 0 saturated heterocycles. The predicted octanol–water partition coefficient (Wildman–Crippen LogP) is 3.30. The Morgan fingerprint density at radius 2 is 1.80 bits per heavy atom. The molecule has 0 aliphatic carbocycles. The van der Waals surface area contributed by atoms with E-state index in [1.807, 2.05) is 36.4 Å². The van der Waals surface area contributed by atoms with Crippen molar-refractivity contribution < 1.29 is 19.7 Å². The van der Waals surface area contributed by atoms with Crippen molar-refractivity contribution in [3.63, 3.8) is 0 Å². The van der Waals surface area contributed by atoms with Crippen molar-refractivity contribution in [3.05, 3.63) is 48.5 Å². The van der Waals surface area contributed by atoms with Gasteiger partial charge in [-0.2, -0.15) is 0 Å². The topological polar surface area (TPSA) is 66.8 Å². The molecule has 2 rings (SSSR count). The summed E-state index contributed by atoms with van der Waals surface area (Å²) in [4.78, 5) is 10.4. The van der Waals surface area contributed by atoms with Crippen molar-refractivity contribution in [1.29, 1.82) is 0 Å². The molecule has 2 N–H and O–H groups in total. The number of phenols is 1. The van der Waals surface area contributed by atoms with Gasteiger partial charge in [0.05, 0.1) is 6.61 Å². The number of carboxylic acids is 1. The highest BCUT2D eigenvalue weighted by Crippen LogP contribution is 2.31. The van der Waals surface area contributed by atoms with E-state index in [0.717, 1.165) is 11.1 Å². The van der Waals surface area contributed by atoms with E-state index in [2.05, 4.69) is 0 Å². The molecule has 20 heavy (non-hydrogen) atoms. The van der Waals surface area contributed by atoms with Crippen molar-refractivity contribution in [2.75, 3.05) is 6.61 Å². The number of benzene rings is 2. The summed E-state index contributed by atoms with van der Waals surface area (Å²) in [6.45, 7) is 0.268. The molecule has 0 saturated carbocycles. The van der Waals surface area contributed by atoms with Gasteiger partial charge in [0.15, 0.2) is 11.5 Å². The molecule has 0 unspecified atom stereocenters. The summed E-state index contributed by atoms with van der Waals surface area (Å²) >= 11 is 0. The average molecular weight is 272 g/mol. The number of hydrogen-bond donors (Lipinski definition) is 2. The fourth-order valence-corrected chi connectivity index (χ4v) is 1.86. The van der Waals surface area contributed by atoms with Gasteiger partial charge in [0.25, 0.3) is 0 Å². The minimum absolute atomic E-state index is 0.0571. The Kier molecular flexibility index (Phi) is 4.60. The Labute approximate surface area is 117 Å². The van der Waals surface area contributed by atoms with Crippen molar-refractivity contribution in [2.45, 2.75) is 12.8 Å². The van der Waals surface area contributed by atoms with Crippen LogP contribution in [-0.4, -0.2) is 22.8 Å². The third-order valence-corrected chi connectivity index (χ3v) is 2.86. The Hall–Kier alpha value is -2.49. The Morgan fingerprint density at radius 1 is 1.05 bits per heavy atom. The second kappa shape index (κ2) is 6.61. The van der Waals surface area contributed by atoms with Crippen LogP contribution in [0.2, 0.25) is 0 Å². The van der Waals surface area contributed by atoms with Crippen LogP contribution in [0.15, 0.2) is 48.5 Å². The minimum Gasteiger partial charge on any atom is -0.504 e. The quantitative estimate of drug-likeness (QED) is 0.792. The maximum absolute atomic E-state index is 10.4. The molecule has 0 aliphatic rings. The van der Waals surface area contributed by atoms with Gasteiger partial charge in [-0.15, -0.1) is 0 Å². The summed E-state index contributed by atoms with van der Waals surface area (Å²) in [6, 6.07) is 14.9. The first-order valence-corrected chi connectivity index (χ1v) is 6.40. The zero-order valence-corrected chi connectivity index (χ0v) is 11.0. The second-order valence-electron chi connectivity index (χ2n) is 4.39. The number of phenolic OH excluding ortho intramolecular Hbond substituents is 1. The fraction of sp³-hybridized carbons (Fsp3) is 0.188. The smallest absolute Gasteiger partial charge is 0.303 e. The summed E-state index contributed by atoms with van der Waals surface area (Å²) in [7, 11) is 0. The molecule has 0 aromatic heterocycles. The lowest BCUT2D eigenvalue weighted by Crippen LogP contribution is -2.02. The molecule has 4 heteroatoms. The van der Waals surface area contributed by atoms with E-state index < -0.39 is 5.97 Å². The Balaban J connectivity index is 2.01. The zero-order chi connectivity index (χ0) is 14.4. The lowest BCUT2D eigenvalue weighted by Gasteiger charge is -2.09. The van der Waals surface area contributed by atoms with Crippen molar-refractivity contribution >= 4 is 5.97 Å². The van der Waals surface area contributed by atoms with Crippen LogP contribution in [0, 0.1) is 0 Å². The lowest BCUT2D eigenvalue weighted by atomic mass is 10.1. The van der Waals surface area contributed by atoms with Gasteiger partial charge in [-0.05, 0) is 29.7 Å². The van der Waals surface area contributed by atoms with Gasteiger partial charge in [0.1, 0.15) is 0 Å². The third kappa shape index (κ3) is 3.75. The molecule has 2 aromatic carbocycles. The lowest BCUT2D eigenvalue weighted by molar-refractivity contribution is -0.137. The van der Waals surface area contributed by atoms with Crippen molar-refractivity contribution in [1.82, 2.24) is 0 Å². The molecular formula is C16H16O4. The van der Waals surface area contributed by atoms with E-state index in [0.29, 0.717) is 12.2 Å². The van der Waals surface area contributed by atoms with Gasteiger partial charge in [0, 0.05) is 6.42 Å². The van der Waals surface area contributed by atoms with Gasteiger partial charge < -0.3 is 14.9 Å². The number of carboxylic acid groups (broad SMARTS) is 1. The van der Waals surface area contributed by atoms with Gasteiger partial charge in [-0.3, -0.25) is 4.79 Å². The standard InChI is InChI=1S/C16H16O4/c17-14-11-13(12-5-2-1-3-6-12)8-9-15(14)20-10-4-7-16(18)19/h1-3,5-6,8-9,11,17H,4,7,10H2,(H,18,19). The van der Waals surface area contributed by atoms with Gasteiger partial charge >= 0.3 is 5.97 Å². The minimum atomic E-state index is -0.850. The number of aromatic hydroxyl groups is 1. The number of aliphatic carboxylic acids is 1.